The number of fused-ring (bicyclic) bond motifs is 1. The average molecular weight is 382 g/mol. The van der Waals surface area contributed by atoms with E-state index in [0.29, 0.717) is 0 Å². The number of anilines is 1. The van der Waals surface area contributed by atoms with E-state index in [1.165, 1.54) is 27.3 Å². The van der Waals surface area contributed by atoms with Crippen molar-refractivity contribution in [2.75, 3.05) is 5.32 Å². The molecular weight excluding hydrogens is 366 g/mol. The maximum absolute atomic E-state index is 3.51. The smallest absolute Gasteiger partial charge is 0.0526 e. The number of hydrogen-bond donors (Lipinski definition) is 1. The second-order valence-electron chi connectivity index (χ2n) is 5.21. The SMILES string of the molecule is Br.C1=C(c2ccc(-c3ccccc3)cc2)Nc2ccccc2S1. The highest BCUT2D eigenvalue weighted by molar-refractivity contribution is 8.93. The fourth-order valence-corrected chi connectivity index (χ4v) is 3.43. The normalized spacial score (nSPS) is 12.4. The molecule has 0 radical (unpaired) electrons. The van der Waals surface area contributed by atoms with Crippen LogP contribution in [0.2, 0.25) is 0 Å². The van der Waals surface area contributed by atoms with Crippen LogP contribution >= 0.6 is 28.7 Å². The second-order valence-corrected chi connectivity index (χ2v) is 6.13. The molecule has 0 amide bonds. The lowest BCUT2D eigenvalue weighted by Gasteiger charge is -2.19. The van der Waals surface area contributed by atoms with Crippen LogP contribution < -0.4 is 5.32 Å². The number of hydrogen-bond acceptors (Lipinski definition) is 2. The second kappa shape index (κ2) is 7.07. The summed E-state index contributed by atoms with van der Waals surface area (Å²) >= 11 is 1.77. The summed E-state index contributed by atoms with van der Waals surface area (Å²) < 4.78 is 0. The van der Waals surface area contributed by atoms with Crippen molar-refractivity contribution >= 4 is 40.1 Å². The molecule has 1 nitrogen and oxygen atoms in total. The first kappa shape index (κ1) is 15.9. The maximum Gasteiger partial charge on any atom is 0.0526 e. The zero-order valence-electron chi connectivity index (χ0n) is 12.4. The van der Waals surface area contributed by atoms with E-state index in [1.807, 2.05) is 6.07 Å². The van der Waals surface area contributed by atoms with Gasteiger partial charge in [-0.15, -0.1) is 17.0 Å². The minimum atomic E-state index is 0. The lowest BCUT2D eigenvalue weighted by Crippen LogP contribution is -2.02. The number of nitrogens with one attached hydrogen (secondary N) is 1. The number of rotatable bonds is 2. The summed E-state index contributed by atoms with van der Waals surface area (Å²) in [7, 11) is 0. The van der Waals surface area contributed by atoms with E-state index in [4.69, 9.17) is 0 Å². The molecule has 0 aliphatic carbocycles. The first-order chi connectivity index (χ1) is 10.9. The Morgan fingerprint density at radius 2 is 1.22 bits per heavy atom. The van der Waals surface area contributed by atoms with Gasteiger partial charge < -0.3 is 5.32 Å². The lowest BCUT2D eigenvalue weighted by molar-refractivity contribution is 1.41. The zero-order chi connectivity index (χ0) is 14.8. The largest absolute Gasteiger partial charge is 0.354 e. The molecule has 23 heavy (non-hydrogen) atoms. The Morgan fingerprint density at radius 3 is 2.00 bits per heavy atom. The molecule has 0 unspecified atom stereocenters. The molecule has 114 valence electrons. The van der Waals surface area contributed by atoms with Gasteiger partial charge in [0.25, 0.3) is 0 Å². The molecule has 0 aromatic heterocycles. The molecule has 0 saturated heterocycles. The minimum Gasteiger partial charge on any atom is -0.354 e. The van der Waals surface area contributed by atoms with Crippen molar-refractivity contribution in [3.05, 3.63) is 89.8 Å². The molecule has 3 aromatic rings. The van der Waals surface area contributed by atoms with E-state index in [0.717, 1.165) is 5.70 Å². The van der Waals surface area contributed by atoms with E-state index < -0.39 is 0 Å². The summed E-state index contributed by atoms with van der Waals surface area (Å²) in [5.41, 5.74) is 6.04. The maximum atomic E-state index is 3.51. The van der Waals surface area contributed by atoms with E-state index in [1.54, 1.807) is 11.8 Å². The highest BCUT2D eigenvalue weighted by atomic mass is 79.9. The first-order valence-corrected chi connectivity index (χ1v) is 8.17. The number of halogens is 1. The predicted octanol–water partition coefficient (Wildman–Crippen LogP) is 6.45. The van der Waals surface area contributed by atoms with E-state index in [2.05, 4.69) is 83.5 Å². The van der Waals surface area contributed by atoms with Crippen molar-refractivity contribution < 1.29 is 0 Å². The third-order valence-corrected chi connectivity index (χ3v) is 4.73. The molecule has 3 heteroatoms. The fourth-order valence-electron chi connectivity index (χ4n) is 2.58. The summed E-state index contributed by atoms with van der Waals surface area (Å²) in [5, 5.41) is 5.69. The monoisotopic (exact) mass is 381 g/mol. The predicted molar refractivity (Wildman–Crippen MR) is 106 cm³/mol. The quantitative estimate of drug-likeness (QED) is 0.547. The van der Waals surface area contributed by atoms with E-state index in [-0.39, 0.29) is 17.0 Å². The van der Waals surface area contributed by atoms with Gasteiger partial charge in [0, 0.05) is 10.3 Å². The molecule has 1 aliphatic heterocycles. The summed E-state index contributed by atoms with van der Waals surface area (Å²) in [6.45, 7) is 0. The van der Waals surface area contributed by atoms with E-state index >= 15 is 0 Å². The summed E-state index contributed by atoms with van der Waals surface area (Å²) in [6, 6.07) is 27.6. The Bertz CT molecular complexity index is 826. The van der Waals surface area contributed by atoms with Crippen LogP contribution in [0.1, 0.15) is 5.56 Å². The van der Waals surface area contributed by atoms with Crippen LogP contribution in [0.3, 0.4) is 0 Å². The van der Waals surface area contributed by atoms with Gasteiger partial charge in [0.15, 0.2) is 0 Å². The third kappa shape index (κ3) is 3.36. The number of para-hydroxylation sites is 1. The summed E-state index contributed by atoms with van der Waals surface area (Å²) in [4.78, 5) is 1.27. The van der Waals surface area contributed by atoms with Gasteiger partial charge in [-0.25, -0.2) is 0 Å². The van der Waals surface area contributed by atoms with Gasteiger partial charge in [0.2, 0.25) is 0 Å². The summed E-state index contributed by atoms with van der Waals surface area (Å²) in [6.07, 6.45) is 0. The Balaban J connectivity index is 0.00000156. The Hall–Kier alpha value is -1.97. The standard InChI is InChI=1S/C20H15NS.BrH/c1-2-6-15(7-3-1)16-10-12-17(13-11-16)19-14-22-20-9-5-4-8-18(20)21-19;/h1-14,21H;1H. The molecule has 0 saturated carbocycles. The Kier molecular flexibility index (Phi) is 4.89. The lowest BCUT2D eigenvalue weighted by atomic mass is 10.0. The van der Waals surface area contributed by atoms with Crippen LogP contribution in [0.15, 0.2) is 89.2 Å². The van der Waals surface area contributed by atoms with Gasteiger partial charge in [-0.2, -0.15) is 0 Å². The van der Waals surface area contributed by atoms with Crippen LogP contribution in [-0.4, -0.2) is 0 Å². The van der Waals surface area contributed by atoms with Gasteiger partial charge >= 0.3 is 0 Å². The van der Waals surface area contributed by atoms with Crippen LogP contribution in [0, 0.1) is 0 Å². The highest BCUT2D eigenvalue weighted by Gasteiger charge is 2.11. The Morgan fingerprint density at radius 1 is 0.609 bits per heavy atom. The van der Waals surface area contributed by atoms with Crippen LogP contribution in [0.5, 0.6) is 0 Å². The minimum absolute atomic E-state index is 0. The first-order valence-electron chi connectivity index (χ1n) is 7.29. The molecule has 3 aromatic carbocycles. The molecule has 0 spiro atoms. The van der Waals surface area contributed by atoms with Crippen LogP contribution in [0.25, 0.3) is 16.8 Å². The highest BCUT2D eigenvalue weighted by Crippen LogP contribution is 2.37. The topological polar surface area (TPSA) is 12.0 Å². The molecule has 1 aliphatic rings. The molecule has 0 fully saturated rings. The van der Waals surface area contributed by atoms with E-state index in [9.17, 15) is 0 Å². The van der Waals surface area contributed by atoms with Gasteiger partial charge in [0.05, 0.1) is 11.4 Å². The van der Waals surface area contributed by atoms with Crippen molar-refractivity contribution in [1.29, 1.82) is 0 Å². The van der Waals surface area contributed by atoms with Gasteiger partial charge in [-0.05, 0) is 28.8 Å². The summed E-state index contributed by atoms with van der Waals surface area (Å²) in [5.74, 6) is 0. The van der Waals surface area contributed by atoms with Gasteiger partial charge in [0.1, 0.15) is 0 Å². The van der Waals surface area contributed by atoms with Crippen LogP contribution in [-0.2, 0) is 0 Å². The fraction of sp³-hybridized carbons (Fsp3) is 0. The van der Waals surface area contributed by atoms with Crippen molar-refractivity contribution in [3.63, 3.8) is 0 Å². The zero-order valence-corrected chi connectivity index (χ0v) is 14.9. The van der Waals surface area contributed by atoms with Crippen molar-refractivity contribution in [2.24, 2.45) is 0 Å². The third-order valence-electron chi connectivity index (χ3n) is 3.76. The molecular formula is C20H16BrNS. The van der Waals surface area contributed by atoms with Crippen molar-refractivity contribution in [2.45, 2.75) is 4.90 Å². The van der Waals surface area contributed by atoms with Crippen molar-refractivity contribution in [1.82, 2.24) is 0 Å². The molecule has 1 heterocycles. The van der Waals surface area contributed by atoms with Crippen molar-refractivity contribution in [3.8, 4) is 11.1 Å². The molecule has 4 rings (SSSR count). The molecule has 0 bridgehead atoms. The van der Waals surface area contributed by atoms with Gasteiger partial charge in [-0.3, -0.25) is 0 Å². The molecule has 0 atom stereocenters. The number of thioether (sulfide) groups is 1. The molecule has 1 N–H and O–H groups in total. The van der Waals surface area contributed by atoms with Crippen LogP contribution in [0.4, 0.5) is 5.69 Å². The average Bonchev–Trinajstić information content (AvgIpc) is 2.62. The number of benzene rings is 3. The Labute approximate surface area is 151 Å². The van der Waals surface area contributed by atoms with Gasteiger partial charge in [-0.1, -0.05) is 78.5 Å².